The van der Waals surface area contributed by atoms with Crippen LogP contribution in [0.4, 0.5) is 5.69 Å². The van der Waals surface area contributed by atoms with E-state index in [0.717, 1.165) is 35.2 Å². The van der Waals surface area contributed by atoms with Crippen molar-refractivity contribution in [2.45, 2.75) is 44.2 Å². The van der Waals surface area contributed by atoms with E-state index in [0.29, 0.717) is 24.6 Å². The normalized spacial score (nSPS) is 17.2. The van der Waals surface area contributed by atoms with E-state index in [-0.39, 0.29) is 6.10 Å². The van der Waals surface area contributed by atoms with Gasteiger partial charge in [0.1, 0.15) is 0 Å². The molecule has 3 rings (SSSR count). The van der Waals surface area contributed by atoms with Crippen LogP contribution in [-0.4, -0.2) is 46.1 Å². The SMILES string of the molecule is Cc1ccc(C)c(S(=O)(=O)N(Cc2ccc(N(C)C)cc2)C[C@@H]2CCCO2)c1. The highest BCUT2D eigenvalue weighted by Crippen LogP contribution is 2.26. The maximum absolute atomic E-state index is 13.5. The molecular formula is C22H30N2O3S. The Morgan fingerprint density at radius 3 is 2.39 bits per heavy atom. The Morgan fingerprint density at radius 1 is 1.07 bits per heavy atom. The van der Waals surface area contributed by atoms with Gasteiger partial charge in [0.2, 0.25) is 10.0 Å². The Morgan fingerprint density at radius 2 is 1.79 bits per heavy atom. The van der Waals surface area contributed by atoms with E-state index in [1.165, 1.54) is 0 Å². The van der Waals surface area contributed by atoms with Gasteiger partial charge in [0.15, 0.2) is 0 Å². The summed E-state index contributed by atoms with van der Waals surface area (Å²) < 4.78 is 34.4. The molecule has 28 heavy (non-hydrogen) atoms. The van der Waals surface area contributed by atoms with Crippen LogP contribution in [0.1, 0.15) is 29.5 Å². The molecule has 6 heteroatoms. The topological polar surface area (TPSA) is 49.9 Å². The van der Waals surface area contributed by atoms with E-state index in [4.69, 9.17) is 4.74 Å². The second-order valence-corrected chi connectivity index (χ2v) is 9.67. The summed E-state index contributed by atoms with van der Waals surface area (Å²) in [6, 6.07) is 13.6. The number of aryl methyl sites for hydroxylation is 2. The molecule has 0 spiro atoms. The molecule has 152 valence electrons. The minimum atomic E-state index is -3.62. The van der Waals surface area contributed by atoms with Crippen molar-refractivity contribution in [1.82, 2.24) is 4.31 Å². The molecule has 0 saturated carbocycles. The fourth-order valence-corrected chi connectivity index (χ4v) is 5.26. The van der Waals surface area contributed by atoms with Crippen LogP contribution in [0.2, 0.25) is 0 Å². The number of hydrogen-bond acceptors (Lipinski definition) is 4. The molecule has 0 N–H and O–H groups in total. The number of rotatable bonds is 7. The second kappa shape index (κ2) is 8.64. The molecule has 0 aliphatic carbocycles. The average Bonchev–Trinajstić information content (AvgIpc) is 3.16. The lowest BCUT2D eigenvalue weighted by atomic mass is 10.2. The van der Waals surface area contributed by atoms with Gasteiger partial charge in [-0.15, -0.1) is 0 Å². The monoisotopic (exact) mass is 402 g/mol. The van der Waals surface area contributed by atoms with Gasteiger partial charge in [-0.05, 0) is 61.6 Å². The molecule has 0 aromatic heterocycles. The molecule has 1 aliphatic heterocycles. The van der Waals surface area contributed by atoms with Crippen LogP contribution in [-0.2, 0) is 21.3 Å². The predicted octanol–water partition coefficient (Wildman–Crippen LogP) is 3.74. The molecule has 1 fully saturated rings. The van der Waals surface area contributed by atoms with E-state index in [1.807, 2.05) is 69.2 Å². The molecule has 2 aromatic carbocycles. The largest absolute Gasteiger partial charge is 0.378 e. The number of hydrogen-bond donors (Lipinski definition) is 0. The van der Waals surface area contributed by atoms with Crippen molar-refractivity contribution in [3.8, 4) is 0 Å². The van der Waals surface area contributed by atoms with Gasteiger partial charge in [-0.25, -0.2) is 8.42 Å². The van der Waals surface area contributed by atoms with Crippen LogP contribution in [0.3, 0.4) is 0 Å². The van der Waals surface area contributed by atoms with Crippen LogP contribution in [0, 0.1) is 13.8 Å². The summed E-state index contributed by atoms with van der Waals surface area (Å²) in [5, 5.41) is 0. The van der Waals surface area contributed by atoms with Gasteiger partial charge in [0.05, 0.1) is 11.0 Å². The van der Waals surface area contributed by atoms with Gasteiger partial charge in [-0.1, -0.05) is 24.3 Å². The summed E-state index contributed by atoms with van der Waals surface area (Å²) in [7, 11) is 0.356. The quantitative estimate of drug-likeness (QED) is 0.708. The Bertz CT molecular complexity index is 902. The zero-order chi connectivity index (χ0) is 20.3. The van der Waals surface area contributed by atoms with Crippen molar-refractivity contribution in [2.24, 2.45) is 0 Å². The van der Waals surface area contributed by atoms with Gasteiger partial charge in [-0.2, -0.15) is 4.31 Å². The van der Waals surface area contributed by atoms with Gasteiger partial charge < -0.3 is 9.64 Å². The molecule has 0 unspecified atom stereocenters. The van der Waals surface area contributed by atoms with Crippen LogP contribution >= 0.6 is 0 Å². The Balaban J connectivity index is 1.92. The predicted molar refractivity (Wildman–Crippen MR) is 113 cm³/mol. The third-order valence-electron chi connectivity index (χ3n) is 5.20. The fraction of sp³-hybridized carbons (Fsp3) is 0.455. The van der Waals surface area contributed by atoms with Crippen molar-refractivity contribution in [3.05, 3.63) is 59.2 Å². The molecule has 0 radical (unpaired) electrons. The van der Waals surface area contributed by atoms with Crippen LogP contribution in [0.25, 0.3) is 0 Å². The highest BCUT2D eigenvalue weighted by molar-refractivity contribution is 7.89. The fourth-order valence-electron chi connectivity index (χ4n) is 3.49. The molecule has 2 aromatic rings. The zero-order valence-corrected chi connectivity index (χ0v) is 18.0. The molecule has 1 atom stereocenters. The van der Waals surface area contributed by atoms with Crippen LogP contribution in [0.15, 0.2) is 47.4 Å². The number of nitrogens with zero attached hydrogens (tertiary/aromatic N) is 2. The first-order chi connectivity index (χ1) is 13.3. The van der Waals surface area contributed by atoms with E-state index >= 15 is 0 Å². The van der Waals surface area contributed by atoms with E-state index in [1.54, 1.807) is 10.4 Å². The lowest BCUT2D eigenvalue weighted by Gasteiger charge is -2.26. The minimum Gasteiger partial charge on any atom is -0.378 e. The smallest absolute Gasteiger partial charge is 0.243 e. The lowest BCUT2D eigenvalue weighted by Crippen LogP contribution is -2.37. The summed E-state index contributed by atoms with van der Waals surface area (Å²) >= 11 is 0. The first kappa shape index (κ1) is 20.8. The summed E-state index contributed by atoms with van der Waals surface area (Å²) in [4.78, 5) is 2.41. The highest BCUT2D eigenvalue weighted by Gasteiger charge is 2.30. The first-order valence-corrected chi connectivity index (χ1v) is 11.2. The first-order valence-electron chi connectivity index (χ1n) is 9.72. The number of sulfonamides is 1. The summed E-state index contributed by atoms with van der Waals surface area (Å²) in [6.45, 7) is 5.19. The maximum atomic E-state index is 13.5. The van der Waals surface area contributed by atoms with Crippen molar-refractivity contribution in [1.29, 1.82) is 0 Å². The van der Waals surface area contributed by atoms with Crippen molar-refractivity contribution < 1.29 is 13.2 Å². The van der Waals surface area contributed by atoms with Gasteiger partial charge in [-0.3, -0.25) is 0 Å². The molecular weight excluding hydrogens is 372 g/mol. The van der Waals surface area contributed by atoms with Crippen molar-refractivity contribution in [3.63, 3.8) is 0 Å². The molecule has 1 aliphatic rings. The standard InChI is InChI=1S/C22H30N2O3S/c1-17-7-8-18(2)22(14-17)28(25,26)24(16-21-6-5-13-27-21)15-19-9-11-20(12-10-19)23(3)4/h7-12,14,21H,5-6,13,15-16H2,1-4H3/t21-/m0/s1. The third-order valence-corrected chi connectivity index (χ3v) is 7.16. The van der Waals surface area contributed by atoms with Crippen LogP contribution < -0.4 is 4.90 Å². The Kier molecular flexibility index (Phi) is 6.43. The lowest BCUT2D eigenvalue weighted by molar-refractivity contribution is 0.0926. The summed E-state index contributed by atoms with van der Waals surface area (Å²) in [5.41, 5.74) is 3.77. The number of benzene rings is 2. The number of anilines is 1. The average molecular weight is 403 g/mol. The summed E-state index contributed by atoms with van der Waals surface area (Å²) in [5.74, 6) is 0. The molecule has 0 amide bonds. The van der Waals surface area contributed by atoms with Gasteiger partial charge >= 0.3 is 0 Å². The highest BCUT2D eigenvalue weighted by atomic mass is 32.2. The van der Waals surface area contributed by atoms with Gasteiger partial charge in [0, 0.05) is 39.5 Å². The Hall–Kier alpha value is -1.89. The van der Waals surface area contributed by atoms with E-state index < -0.39 is 10.0 Å². The third kappa shape index (κ3) is 4.74. The van der Waals surface area contributed by atoms with E-state index in [2.05, 4.69) is 0 Å². The number of ether oxygens (including phenoxy) is 1. The molecule has 0 bridgehead atoms. The second-order valence-electron chi connectivity index (χ2n) is 7.76. The van der Waals surface area contributed by atoms with Crippen molar-refractivity contribution in [2.75, 3.05) is 32.1 Å². The van der Waals surface area contributed by atoms with Crippen LogP contribution in [0.5, 0.6) is 0 Å². The van der Waals surface area contributed by atoms with Crippen molar-refractivity contribution >= 4 is 15.7 Å². The van der Waals surface area contributed by atoms with E-state index in [9.17, 15) is 8.42 Å². The van der Waals surface area contributed by atoms with Gasteiger partial charge in [0.25, 0.3) is 0 Å². The minimum absolute atomic E-state index is 0.0408. The Labute approximate surface area is 169 Å². The zero-order valence-electron chi connectivity index (χ0n) is 17.2. The molecule has 5 nitrogen and oxygen atoms in total. The summed E-state index contributed by atoms with van der Waals surface area (Å²) in [6.07, 6.45) is 1.85. The maximum Gasteiger partial charge on any atom is 0.243 e. The molecule has 1 saturated heterocycles. The molecule has 1 heterocycles.